The van der Waals surface area contributed by atoms with Crippen LogP contribution in [0.1, 0.15) is 24.0 Å². The van der Waals surface area contributed by atoms with E-state index < -0.39 is 0 Å². The van der Waals surface area contributed by atoms with Crippen LogP contribution in [0.25, 0.3) is 0 Å². The van der Waals surface area contributed by atoms with E-state index in [9.17, 15) is 0 Å². The number of benzene rings is 1. The first-order chi connectivity index (χ1) is 7.31. The van der Waals surface area contributed by atoms with E-state index in [2.05, 4.69) is 28.5 Å². The number of aryl methyl sites for hydroxylation is 1. The highest BCUT2D eigenvalue weighted by Crippen LogP contribution is 2.27. The van der Waals surface area contributed by atoms with E-state index in [1.165, 1.54) is 30.4 Å². The van der Waals surface area contributed by atoms with Crippen LogP contribution in [-0.2, 0) is 12.8 Å². The molecule has 3 nitrogen and oxygen atoms in total. The van der Waals surface area contributed by atoms with Gasteiger partial charge in [0.2, 0.25) is 0 Å². The Bertz CT molecular complexity index is 388. The quantitative estimate of drug-likeness (QED) is 0.472. The molecular weight excluding hydrogens is 313 g/mol. The Morgan fingerprint density at radius 1 is 1.31 bits per heavy atom. The van der Waals surface area contributed by atoms with Crippen LogP contribution in [-0.4, -0.2) is 13.0 Å². The molecule has 16 heavy (non-hydrogen) atoms. The Morgan fingerprint density at radius 3 is 2.81 bits per heavy atom. The van der Waals surface area contributed by atoms with E-state index in [0.717, 1.165) is 12.1 Å². The number of nitrogens with two attached hydrogens (primary N) is 1. The number of nitrogens with zero attached hydrogens (tertiary/aromatic N) is 1. The van der Waals surface area contributed by atoms with Crippen molar-refractivity contribution in [2.24, 2.45) is 10.7 Å². The van der Waals surface area contributed by atoms with E-state index in [1.54, 1.807) is 7.05 Å². The summed E-state index contributed by atoms with van der Waals surface area (Å²) in [7, 11) is 1.69. The monoisotopic (exact) mass is 331 g/mol. The summed E-state index contributed by atoms with van der Waals surface area (Å²) in [5.41, 5.74) is 9.66. The zero-order valence-electron chi connectivity index (χ0n) is 9.49. The minimum absolute atomic E-state index is 0. The van der Waals surface area contributed by atoms with Crippen LogP contribution in [0.2, 0.25) is 0 Å². The third-order valence-corrected chi connectivity index (χ3v) is 2.90. The molecule has 88 valence electrons. The van der Waals surface area contributed by atoms with Crippen molar-refractivity contribution in [3.05, 3.63) is 29.3 Å². The van der Waals surface area contributed by atoms with Gasteiger partial charge in [-0.15, -0.1) is 24.0 Å². The maximum absolute atomic E-state index is 5.68. The largest absolute Gasteiger partial charge is 0.370 e. The molecule has 0 saturated carbocycles. The molecule has 1 aliphatic carbocycles. The molecule has 2 rings (SSSR count). The van der Waals surface area contributed by atoms with Crippen LogP contribution in [0.5, 0.6) is 0 Å². The van der Waals surface area contributed by atoms with Gasteiger partial charge >= 0.3 is 0 Å². The van der Waals surface area contributed by atoms with Gasteiger partial charge in [-0.2, -0.15) is 0 Å². The molecule has 0 aromatic heterocycles. The van der Waals surface area contributed by atoms with Crippen molar-refractivity contribution in [3.8, 4) is 0 Å². The molecule has 0 bridgehead atoms. The Morgan fingerprint density at radius 2 is 2.06 bits per heavy atom. The SMILES string of the molecule is CN=C(N)Nc1cccc2c1CCCC2.I. The summed E-state index contributed by atoms with van der Waals surface area (Å²) < 4.78 is 0. The fourth-order valence-electron chi connectivity index (χ4n) is 2.09. The minimum atomic E-state index is 0. The van der Waals surface area contributed by atoms with Crippen molar-refractivity contribution in [2.45, 2.75) is 25.7 Å². The number of rotatable bonds is 1. The van der Waals surface area contributed by atoms with E-state index in [0.29, 0.717) is 5.96 Å². The third kappa shape index (κ3) is 2.87. The molecular formula is C12H18IN3. The first-order valence-electron chi connectivity index (χ1n) is 5.41. The van der Waals surface area contributed by atoms with Crippen molar-refractivity contribution in [1.29, 1.82) is 0 Å². The molecule has 0 heterocycles. The van der Waals surface area contributed by atoms with Crippen LogP contribution < -0.4 is 11.1 Å². The maximum atomic E-state index is 5.68. The second kappa shape index (κ2) is 6.08. The first kappa shape index (κ1) is 13.3. The van der Waals surface area contributed by atoms with Gasteiger partial charge in [0.05, 0.1) is 0 Å². The second-order valence-corrected chi connectivity index (χ2v) is 3.88. The Kier molecular flexibility index (Phi) is 5.05. The summed E-state index contributed by atoms with van der Waals surface area (Å²) >= 11 is 0. The van der Waals surface area contributed by atoms with Crippen LogP contribution in [0.15, 0.2) is 23.2 Å². The van der Waals surface area contributed by atoms with Crippen molar-refractivity contribution in [3.63, 3.8) is 0 Å². The van der Waals surface area contributed by atoms with Crippen LogP contribution >= 0.6 is 24.0 Å². The standard InChI is InChI=1S/C12H17N3.HI/c1-14-12(13)15-11-8-4-6-9-5-2-3-7-10(9)11;/h4,6,8H,2-3,5,7H2,1H3,(H3,13,14,15);1H. The highest BCUT2D eigenvalue weighted by atomic mass is 127. The van der Waals surface area contributed by atoms with Gasteiger partial charge in [0.25, 0.3) is 0 Å². The second-order valence-electron chi connectivity index (χ2n) is 3.88. The summed E-state index contributed by atoms with van der Waals surface area (Å²) in [6, 6.07) is 6.36. The van der Waals surface area contributed by atoms with Crippen molar-refractivity contribution >= 4 is 35.6 Å². The topological polar surface area (TPSA) is 50.4 Å². The van der Waals surface area contributed by atoms with Gasteiger partial charge in [-0.1, -0.05) is 12.1 Å². The molecule has 0 atom stereocenters. The summed E-state index contributed by atoms with van der Waals surface area (Å²) in [5, 5.41) is 3.15. The Hall–Kier alpha value is -0.780. The molecule has 0 fully saturated rings. The molecule has 4 heteroatoms. The van der Waals surface area contributed by atoms with Gasteiger partial charge in [0.1, 0.15) is 0 Å². The van der Waals surface area contributed by atoms with Crippen molar-refractivity contribution in [1.82, 2.24) is 0 Å². The lowest BCUT2D eigenvalue weighted by Crippen LogP contribution is -2.23. The molecule has 0 aliphatic heterocycles. The lowest BCUT2D eigenvalue weighted by atomic mass is 9.90. The zero-order valence-corrected chi connectivity index (χ0v) is 11.8. The van der Waals surface area contributed by atoms with Crippen LogP contribution in [0, 0.1) is 0 Å². The van der Waals surface area contributed by atoms with Gasteiger partial charge in [-0.05, 0) is 42.9 Å². The number of hydrogen-bond donors (Lipinski definition) is 2. The molecule has 1 aliphatic rings. The molecule has 0 unspecified atom stereocenters. The number of aliphatic imine (C=N–C) groups is 1. The highest BCUT2D eigenvalue weighted by molar-refractivity contribution is 14.0. The summed E-state index contributed by atoms with van der Waals surface area (Å²) in [6.07, 6.45) is 4.91. The van der Waals surface area contributed by atoms with E-state index >= 15 is 0 Å². The molecule has 1 aromatic rings. The fourth-order valence-corrected chi connectivity index (χ4v) is 2.09. The predicted molar refractivity (Wildman–Crippen MR) is 79.7 cm³/mol. The number of halogens is 1. The van der Waals surface area contributed by atoms with Gasteiger partial charge in [0.15, 0.2) is 5.96 Å². The average molecular weight is 331 g/mol. The van der Waals surface area contributed by atoms with E-state index in [4.69, 9.17) is 5.73 Å². The van der Waals surface area contributed by atoms with Gasteiger partial charge < -0.3 is 11.1 Å². The predicted octanol–water partition coefficient (Wildman–Crippen LogP) is 2.54. The maximum Gasteiger partial charge on any atom is 0.192 e. The highest BCUT2D eigenvalue weighted by Gasteiger charge is 2.12. The van der Waals surface area contributed by atoms with Crippen LogP contribution in [0.3, 0.4) is 0 Å². The fraction of sp³-hybridized carbons (Fsp3) is 0.417. The van der Waals surface area contributed by atoms with Crippen molar-refractivity contribution < 1.29 is 0 Å². The molecule has 0 spiro atoms. The van der Waals surface area contributed by atoms with E-state index in [-0.39, 0.29) is 24.0 Å². The molecule has 0 radical (unpaired) electrons. The zero-order chi connectivity index (χ0) is 10.7. The molecule has 1 aromatic carbocycles. The third-order valence-electron chi connectivity index (χ3n) is 2.90. The molecule has 0 amide bonds. The number of guanidine groups is 1. The minimum Gasteiger partial charge on any atom is -0.370 e. The van der Waals surface area contributed by atoms with Gasteiger partial charge in [0, 0.05) is 12.7 Å². The van der Waals surface area contributed by atoms with Gasteiger partial charge in [-0.3, -0.25) is 4.99 Å². The Labute approximate surface area is 114 Å². The summed E-state index contributed by atoms with van der Waals surface area (Å²) in [4.78, 5) is 3.92. The lowest BCUT2D eigenvalue weighted by Gasteiger charge is -2.19. The number of hydrogen-bond acceptors (Lipinski definition) is 1. The normalized spacial score (nSPS) is 14.9. The average Bonchev–Trinajstić information content (AvgIpc) is 2.29. The summed E-state index contributed by atoms with van der Waals surface area (Å²) in [5.74, 6) is 0.481. The lowest BCUT2D eigenvalue weighted by molar-refractivity contribution is 0.687. The first-order valence-corrected chi connectivity index (χ1v) is 5.41. The van der Waals surface area contributed by atoms with Gasteiger partial charge in [-0.25, -0.2) is 0 Å². The Balaban J connectivity index is 0.00000128. The van der Waals surface area contributed by atoms with Crippen molar-refractivity contribution in [2.75, 3.05) is 12.4 Å². The van der Waals surface area contributed by atoms with E-state index in [1.807, 2.05) is 0 Å². The number of fused-ring (bicyclic) bond motifs is 1. The van der Waals surface area contributed by atoms with Crippen LogP contribution in [0.4, 0.5) is 5.69 Å². The number of nitrogens with one attached hydrogen (secondary N) is 1. The number of anilines is 1. The summed E-state index contributed by atoms with van der Waals surface area (Å²) in [6.45, 7) is 0. The molecule has 0 saturated heterocycles. The smallest absolute Gasteiger partial charge is 0.192 e. The molecule has 3 N–H and O–H groups in total.